The predicted molar refractivity (Wildman–Crippen MR) is 117 cm³/mol. The number of nitrogens with one attached hydrogen (secondary N) is 2. The number of benzene rings is 2. The standard InChI is InChI=1S/C22H23N5O4/c28-22(24-17-6-8-19(9-7-17)27(29)30)26(18-4-2-1-3-5-18)21-16-20(10-11-23-21)25-12-14-31-15-13-25/h1-11,16,27,29H,12-15H2,(H,24,28). The molecule has 0 bridgehead atoms. The van der Waals surface area contributed by atoms with Crippen LogP contribution in [-0.4, -0.2) is 42.5 Å². The second-order valence-corrected chi connectivity index (χ2v) is 6.96. The van der Waals surface area contributed by atoms with Crippen LogP contribution in [-0.2, 0) is 4.74 Å². The van der Waals surface area contributed by atoms with E-state index >= 15 is 0 Å². The van der Waals surface area contributed by atoms with Gasteiger partial charge in [-0.25, -0.2) is 19.9 Å². The fraction of sp³-hybridized carbons (Fsp3) is 0.182. The number of nitrogens with zero attached hydrogens (tertiary/aromatic N) is 3. The lowest BCUT2D eigenvalue weighted by molar-refractivity contribution is -0.991. The molecule has 9 heteroatoms. The molecule has 3 aromatic rings. The minimum atomic E-state index is -1.02. The Labute approximate surface area is 179 Å². The molecule has 160 valence electrons. The smallest absolute Gasteiger partial charge is 0.332 e. The number of anilines is 4. The molecule has 0 radical (unpaired) electrons. The average molecular weight is 421 g/mol. The molecule has 2 amide bonds. The van der Waals surface area contributed by atoms with Crippen molar-refractivity contribution in [3.63, 3.8) is 0 Å². The number of quaternary nitrogens is 1. The summed E-state index contributed by atoms with van der Waals surface area (Å²) >= 11 is 0. The van der Waals surface area contributed by atoms with Crippen LogP contribution in [0.4, 0.5) is 33.4 Å². The molecule has 4 rings (SSSR count). The van der Waals surface area contributed by atoms with Crippen LogP contribution in [0.15, 0.2) is 72.9 Å². The number of urea groups is 1. The Morgan fingerprint density at radius 1 is 1.10 bits per heavy atom. The highest BCUT2D eigenvalue weighted by molar-refractivity contribution is 6.06. The summed E-state index contributed by atoms with van der Waals surface area (Å²) < 4.78 is 5.43. The van der Waals surface area contributed by atoms with Crippen LogP contribution in [0.2, 0.25) is 0 Å². The monoisotopic (exact) mass is 421 g/mol. The number of pyridine rings is 1. The summed E-state index contributed by atoms with van der Waals surface area (Å²) in [5.41, 5.74) is 2.26. The number of carbonyl (C=O) groups excluding carboxylic acids is 1. The lowest BCUT2D eigenvalue weighted by Gasteiger charge is -2.30. The molecule has 2 heterocycles. The molecule has 2 aromatic carbocycles. The maximum absolute atomic E-state index is 13.2. The van der Waals surface area contributed by atoms with E-state index in [9.17, 15) is 10.0 Å². The maximum atomic E-state index is 13.2. The fourth-order valence-corrected chi connectivity index (χ4v) is 3.35. The Morgan fingerprint density at radius 2 is 1.81 bits per heavy atom. The van der Waals surface area contributed by atoms with E-state index < -0.39 is 11.3 Å². The first kappa shape index (κ1) is 20.8. The highest BCUT2D eigenvalue weighted by Crippen LogP contribution is 2.28. The van der Waals surface area contributed by atoms with E-state index in [1.165, 1.54) is 17.0 Å². The van der Waals surface area contributed by atoms with E-state index in [-0.39, 0.29) is 5.69 Å². The number of carbonyl (C=O) groups is 1. The first-order valence-electron chi connectivity index (χ1n) is 9.90. The molecule has 1 aliphatic rings. The van der Waals surface area contributed by atoms with E-state index in [0.717, 1.165) is 18.8 Å². The zero-order valence-corrected chi connectivity index (χ0v) is 16.8. The van der Waals surface area contributed by atoms with Crippen molar-refractivity contribution in [1.82, 2.24) is 4.98 Å². The van der Waals surface area contributed by atoms with Gasteiger partial charge in [0.1, 0.15) is 5.82 Å². The second kappa shape index (κ2) is 9.54. The van der Waals surface area contributed by atoms with Crippen LogP contribution < -0.4 is 20.3 Å². The Hall–Kier alpha value is -3.50. The van der Waals surface area contributed by atoms with Crippen molar-refractivity contribution in [2.45, 2.75) is 0 Å². The van der Waals surface area contributed by atoms with Gasteiger partial charge in [0.15, 0.2) is 5.69 Å². The van der Waals surface area contributed by atoms with Gasteiger partial charge in [0.25, 0.3) is 0 Å². The minimum Gasteiger partial charge on any atom is -0.595 e. The number of rotatable bonds is 5. The quantitative estimate of drug-likeness (QED) is 0.547. The van der Waals surface area contributed by atoms with Crippen LogP contribution in [0.3, 0.4) is 0 Å². The summed E-state index contributed by atoms with van der Waals surface area (Å²) in [6.45, 7) is 2.87. The first-order chi connectivity index (χ1) is 15.1. The molecule has 0 spiro atoms. The summed E-state index contributed by atoms with van der Waals surface area (Å²) in [7, 11) is 0. The van der Waals surface area contributed by atoms with Crippen molar-refractivity contribution in [3.05, 3.63) is 78.1 Å². The van der Waals surface area contributed by atoms with Crippen LogP contribution in [0.25, 0.3) is 0 Å². The van der Waals surface area contributed by atoms with Crippen molar-refractivity contribution < 1.29 is 20.0 Å². The number of hydrogen-bond acceptors (Lipinski definition) is 6. The molecule has 1 fully saturated rings. The van der Waals surface area contributed by atoms with Crippen molar-refractivity contribution in [3.8, 4) is 0 Å². The number of amides is 2. The summed E-state index contributed by atoms with van der Waals surface area (Å²) in [6.07, 6.45) is 1.69. The van der Waals surface area contributed by atoms with E-state index in [4.69, 9.17) is 9.94 Å². The lowest BCUT2D eigenvalue weighted by Crippen LogP contribution is -2.99. The maximum Gasteiger partial charge on any atom is 0.332 e. The highest BCUT2D eigenvalue weighted by Gasteiger charge is 2.21. The van der Waals surface area contributed by atoms with Gasteiger partial charge in [-0.2, -0.15) is 5.23 Å². The van der Waals surface area contributed by atoms with Crippen LogP contribution in [0, 0.1) is 5.21 Å². The fourth-order valence-electron chi connectivity index (χ4n) is 3.35. The van der Waals surface area contributed by atoms with Gasteiger partial charge < -0.3 is 20.2 Å². The Morgan fingerprint density at radius 3 is 2.48 bits per heavy atom. The number of ether oxygens (including phenoxy) is 1. The van der Waals surface area contributed by atoms with Gasteiger partial charge in [0.05, 0.1) is 18.9 Å². The highest BCUT2D eigenvalue weighted by atomic mass is 16.8. The Balaban J connectivity index is 1.62. The molecule has 0 aliphatic carbocycles. The van der Waals surface area contributed by atoms with Crippen molar-refractivity contribution in [2.24, 2.45) is 0 Å². The van der Waals surface area contributed by atoms with E-state index in [0.29, 0.717) is 30.4 Å². The molecule has 1 saturated heterocycles. The van der Waals surface area contributed by atoms with Gasteiger partial charge in [-0.3, -0.25) is 0 Å². The Kier molecular flexibility index (Phi) is 6.39. The van der Waals surface area contributed by atoms with Crippen LogP contribution in [0.1, 0.15) is 0 Å². The molecule has 31 heavy (non-hydrogen) atoms. The van der Waals surface area contributed by atoms with Gasteiger partial charge >= 0.3 is 6.03 Å². The van der Waals surface area contributed by atoms with Gasteiger partial charge in [0, 0.05) is 48.9 Å². The summed E-state index contributed by atoms with van der Waals surface area (Å²) in [5, 5.41) is 21.9. The van der Waals surface area contributed by atoms with Gasteiger partial charge in [-0.1, -0.05) is 18.2 Å². The molecule has 9 nitrogen and oxygen atoms in total. The molecule has 1 aromatic heterocycles. The zero-order valence-electron chi connectivity index (χ0n) is 16.8. The number of para-hydroxylation sites is 1. The third-order valence-electron chi connectivity index (χ3n) is 4.94. The average Bonchev–Trinajstić information content (AvgIpc) is 2.81. The van der Waals surface area contributed by atoms with Crippen molar-refractivity contribution in [1.29, 1.82) is 0 Å². The summed E-state index contributed by atoms with van der Waals surface area (Å²) in [4.78, 5) is 21.4. The minimum absolute atomic E-state index is 0.151. The molecule has 3 N–H and O–H groups in total. The second-order valence-electron chi connectivity index (χ2n) is 6.96. The topological polar surface area (TPSA) is 105 Å². The van der Waals surface area contributed by atoms with Gasteiger partial charge in [0.2, 0.25) is 0 Å². The first-order valence-corrected chi connectivity index (χ1v) is 9.90. The number of hydrogen-bond donors (Lipinski definition) is 3. The molecular weight excluding hydrogens is 398 g/mol. The van der Waals surface area contributed by atoms with E-state index in [2.05, 4.69) is 15.2 Å². The number of morpholine rings is 1. The van der Waals surface area contributed by atoms with Gasteiger partial charge in [-0.05, 0) is 30.3 Å². The van der Waals surface area contributed by atoms with Crippen molar-refractivity contribution in [2.75, 3.05) is 41.4 Å². The van der Waals surface area contributed by atoms with Crippen LogP contribution in [0.5, 0.6) is 0 Å². The summed E-state index contributed by atoms with van der Waals surface area (Å²) in [6, 6.07) is 18.6. The third-order valence-corrected chi connectivity index (χ3v) is 4.94. The normalized spacial score (nSPS) is 14.7. The largest absolute Gasteiger partial charge is 0.595 e. The third kappa shape index (κ3) is 4.98. The zero-order chi connectivity index (χ0) is 21.6. The number of aromatic nitrogens is 1. The lowest BCUT2D eigenvalue weighted by atomic mass is 10.2. The van der Waals surface area contributed by atoms with Crippen molar-refractivity contribution >= 4 is 34.6 Å². The van der Waals surface area contributed by atoms with Crippen LogP contribution >= 0.6 is 0 Å². The Bertz CT molecular complexity index is 1010. The SMILES string of the molecule is O=C(Nc1ccc([NH+]([O-])O)cc1)N(c1ccccc1)c1cc(N2CCOCC2)ccn1. The molecule has 0 saturated carbocycles. The molecule has 1 atom stereocenters. The van der Waals surface area contributed by atoms with Gasteiger partial charge in [-0.15, -0.1) is 0 Å². The predicted octanol–water partition coefficient (Wildman–Crippen LogP) is 2.69. The molecule has 1 unspecified atom stereocenters. The van der Waals surface area contributed by atoms with E-state index in [1.807, 2.05) is 42.5 Å². The molecular formula is C22H23N5O4. The molecule has 1 aliphatic heterocycles. The van der Waals surface area contributed by atoms with E-state index in [1.54, 1.807) is 18.3 Å². The summed E-state index contributed by atoms with van der Waals surface area (Å²) in [5.74, 6) is 0.481.